The summed E-state index contributed by atoms with van der Waals surface area (Å²) < 4.78 is 5.59. The van der Waals surface area contributed by atoms with Crippen molar-refractivity contribution in [2.45, 2.75) is 18.9 Å². The van der Waals surface area contributed by atoms with Crippen LogP contribution in [0.5, 0.6) is 5.75 Å². The van der Waals surface area contributed by atoms with E-state index >= 15 is 0 Å². The van der Waals surface area contributed by atoms with Crippen LogP contribution in [-0.2, 0) is 4.79 Å². The normalized spacial score (nSPS) is 18.2. The Bertz CT molecular complexity index is 1010. The van der Waals surface area contributed by atoms with Gasteiger partial charge in [0.05, 0.1) is 12.0 Å². The third-order valence-electron chi connectivity index (χ3n) is 5.08. The van der Waals surface area contributed by atoms with E-state index in [2.05, 4.69) is 20.5 Å². The fraction of sp³-hybridized carbons (Fsp3) is 0.273. The summed E-state index contributed by atoms with van der Waals surface area (Å²) in [6, 6.07) is 17.9. The smallest absolute Gasteiger partial charge is 0.260 e. The van der Waals surface area contributed by atoms with Crippen LogP contribution >= 0.6 is 0 Å². The predicted molar refractivity (Wildman–Crippen MR) is 110 cm³/mol. The van der Waals surface area contributed by atoms with Gasteiger partial charge in [-0.15, -0.1) is 0 Å². The molecule has 3 aromatic rings. The Morgan fingerprint density at radius 3 is 2.47 bits per heavy atom. The average molecular weight is 405 g/mol. The molecule has 1 aliphatic heterocycles. The number of benzene rings is 2. The van der Waals surface area contributed by atoms with Gasteiger partial charge in [-0.05, 0) is 31.2 Å². The molecular formula is C22H23N5O3. The lowest BCUT2D eigenvalue weighted by atomic mass is 10.0. The van der Waals surface area contributed by atoms with Gasteiger partial charge in [0.2, 0.25) is 0 Å². The summed E-state index contributed by atoms with van der Waals surface area (Å²) in [5.74, 6) is 1.38. The number of likely N-dealkylation sites (tertiary alicyclic amines) is 1. The number of hydrogen-bond donors (Lipinski definition) is 2. The lowest BCUT2D eigenvalue weighted by molar-refractivity contribution is -0.132. The van der Waals surface area contributed by atoms with Crippen LogP contribution in [0.3, 0.4) is 0 Å². The first kappa shape index (κ1) is 19.6. The Hall–Kier alpha value is -3.68. The van der Waals surface area contributed by atoms with Crippen LogP contribution in [0, 0.1) is 6.92 Å². The van der Waals surface area contributed by atoms with E-state index in [1.807, 2.05) is 43.3 Å². The van der Waals surface area contributed by atoms with Crippen molar-refractivity contribution in [3.8, 4) is 5.75 Å². The first-order valence-electron chi connectivity index (χ1n) is 9.80. The number of nitrogens with one attached hydrogen (secondary N) is 2. The number of aromatic amines is 1. The largest absolute Gasteiger partial charge is 0.484 e. The highest BCUT2D eigenvalue weighted by atomic mass is 16.5. The maximum atomic E-state index is 12.7. The Morgan fingerprint density at radius 1 is 1.10 bits per heavy atom. The van der Waals surface area contributed by atoms with E-state index in [-0.39, 0.29) is 30.4 Å². The molecule has 2 aromatic carbocycles. The average Bonchev–Trinajstić information content (AvgIpc) is 3.39. The number of para-hydroxylation sites is 1. The molecule has 0 saturated carbocycles. The summed E-state index contributed by atoms with van der Waals surface area (Å²) in [7, 11) is 0. The number of aromatic nitrogens is 3. The highest BCUT2D eigenvalue weighted by Gasteiger charge is 2.39. The monoisotopic (exact) mass is 405 g/mol. The van der Waals surface area contributed by atoms with Gasteiger partial charge in [0.25, 0.3) is 11.8 Å². The highest BCUT2D eigenvalue weighted by Crippen LogP contribution is 2.26. The van der Waals surface area contributed by atoms with E-state index in [0.717, 1.165) is 0 Å². The van der Waals surface area contributed by atoms with Crippen molar-refractivity contribution in [1.29, 1.82) is 0 Å². The van der Waals surface area contributed by atoms with Gasteiger partial charge < -0.3 is 15.0 Å². The van der Waals surface area contributed by atoms with Crippen LogP contribution in [0.15, 0.2) is 60.7 Å². The molecule has 4 rings (SSSR count). The van der Waals surface area contributed by atoms with Crippen LogP contribution < -0.4 is 10.1 Å². The van der Waals surface area contributed by atoms with E-state index in [9.17, 15) is 9.59 Å². The molecule has 0 radical (unpaired) electrons. The van der Waals surface area contributed by atoms with Crippen LogP contribution in [0.25, 0.3) is 0 Å². The molecule has 2 N–H and O–H groups in total. The van der Waals surface area contributed by atoms with Gasteiger partial charge in [-0.1, -0.05) is 36.4 Å². The van der Waals surface area contributed by atoms with Crippen LogP contribution in [-0.4, -0.2) is 57.6 Å². The predicted octanol–water partition coefficient (Wildman–Crippen LogP) is 1.92. The molecule has 0 unspecified atom stereocenters. The van der Waals surface area contributed by atoms with E-state index in [1.165, 1.54) is 0 Å². The molecule has 0 aliphatic carbocycles. The van der Waals surface area contributed by atoms with Gasteiger partial charge in [-0.2, -0.15) is 5.10 Å². The number of nitrogens with zero attached hydrogens (tertiary/aromatic N) is 3. The molecule has 1 saturated heterocycles. The number of aryl methyl sites for hydroxylation is 1. The minimum atomic E-state index is -0.298. The summed E-state index contributed by atoms with van der Waals surface area (Å²) in [4.78, 5) is 31.5. The molecule has 0 spiro atoms. The third-order valence-corrected chi connectivity index (χ3v) is 5.08. The van der Waals surface area contributed by atoms with Gasteiger partial charge in [0.1, 0.15) is 11.6 Å². The van der Waals surface area contributed by atoms with Crippen LogP contribution in [0.4, 0.5) is 0 Å². The molecule has 8 nitrogen and oxygen atoms in total. The molecule has 1 fully saturated rings. The SMILES string of the molecule is Cc1nc([C@@H]2CN(C(=O)COc3ccccc3)C[C@H]2NC(=O)c2ccccc2)n[nH]1. The lowest BCUT2D eigenvalue weighted by Crippen LogP contribution is -2.41. The van der Waals surface area contributed by atoms with Crippen molar-refractivity contribution in [2.75, 3.05) is 19.7 Å². The molecule has 0 bridgehead atoms. The maximum absolute atomic E-state index is 12.7. The summed E-state index contributed by atoms with van der Waals surface area (Å²) in [5.41, 5.74) is 0.569. The fourth-order valence-electron chi connectivity index (χ4n) is 3.54. The second kappa shape index (κ2) is 8.77. The molecule has 1 aromatic heterocycles. The molecular weight excluding hydrogens is 382 g/mol. The molecule has 2 heterocycles. The Morgan fingerprint density at radius 2 is 1.80 bits per heavy atom. The molecule has 30 heavy (non-hydrogen) atoms. The first-order chi connectivity index (χ1) is 14.6. The summed E-state index contributed by atoms with van der Waals surface area (Å²) in [6.07, 6.45) is 0. The number of rotatable bonds is 6. The Kier molecular flexibility index (Phi) is 5.74. The number of ether oxygens (including phenoxy) is 1. The molecule has 154 valence electrons. The summed E-state index contributed by atoms with van der Waals surface area (Å²) in [6.45, 7) is 2.53. The number of H-pyrrole nitrogens is 1. The standard InChI is InChI=1S/C22H23N5O3/c1-15-23-21(26-25-15)18-12-27(20(28)14-30-17-10-6-3-7-11-17)13-19(18)24-22(29)16-8-4-2-5-9-16/h2-11,18-19H,12-14H2,1H3,(H,24,29)(H,23,25,26)/t18-,19-/m1/s1. The maximum Gasteiger partial charge on any atom is 0.260 e. The van der Waals surface area contributed by atoms with E-state index < -0.39 is 0 Å². The van der Waals surface area contributed by atoms with E-state index in [1.54, 1.807) is 29.2 Å². The van der Waals surface area contributed by atoms with Gasteiger partial charge in [0.15, 0.2) is 12.4 Å². The van der Waals surface area contributed by atoms with Crippen LogP contribution in [0.1, 0.15) is 27.9 Å². The number of hydrogen-bond acceptors (Lipinski definition) is 5. The quantitative estimate of drug-likeness (QED) is 0.653. The zero-order valence-corrected chi connectivity index (χ0v) is 16.6. The minimum absolute atomic E-state index is 0.0664. The second-order valence-electron chi connectivity index (χ2n) is 7.23. The van der Waals surface area contributed by atoms with Crippen molar-refractivity contribution in [3.05, 3.63) is 77.9 Å². The van der Waals surface area contributed by atoms with Gasteiger partial charge in [0, 0.05) is 18.7 Å². The fourth-order valence-corrected chi connectivity index (χ4v) is 3.54. The lowest BCUT2D eigenvalue weighted by Gasteiger charge is -2.18. The third kappa shape index (κ3) is 4.48. The number of carbonyl (C=O) groups excluding carboxylic acids is 2. The molecule has 2 amide bonds. The van der Waals surface area contributed by atoms with Gasteiger partial charge >= 0.3 is 0 Å². The molecule has 1 aliphatic rings. The zero-order chi connectivity index (χ0) is 20.9. The van der Waals surface area contributed by atoms with Gasteiger partial charge in [-0.3, -0.25) is 14.7 Å². The second-order valence-corrected chi connectivity index (χ2v) is 7.23. The van der Waals surface area contributed by atoms with Crippen molar-refractivity contribution in [3.63, 3.8) is 0 Å². The summed E-state index contributed by atoms with van der Waals surface area (Å²) >= 11 is 0. The Labute approximate surface area is 174 Å². The topological polar surface area (TPSA) is 100 Å². The first-order valence-corrected chi connectivity index (χ1v) is 9.80. The molecule has 8 heteroatoms. The van der Waals surface area contributed by atoms with Crippen molar-refractivity contribution < 1.29 is 14.3 Å². The van der Waals surface area contributed by atoms with E-state index in [0.29, 0.717) is 36.1 Å². The van der Waals surface area contributed by atoms with Crippen molar-refractivity contribution >= 4 is 11.8 Å². The van der Waals surface area contributed by atoms with E-state index in [4.69, 9.17) is 4.74 Å². The molecule has 2 atom stereocenters. The summed E-state index contributed by atoms with van der Waals surface area (Å²) in [5, 5.41) is 10.1. The highest BCUT2D eigenvalue weighted by molar-refractivity contribution is 5.94. The minimum Gasteiger partial charge on any atom is -0.484 e. The van der Waals surface area contributed by atoms with Crippen molar-refractivity contribution in [1.82, 2.24) is 25.4 Å². The van der Waals surface area contributed by atoms with Crippen LogP contribution in [0.2, 0.25) is 0 Å². The number of amides is 2. The van der Waals surface area contributed by atoms with Crippen molar-refractivity contribution in [2.24, 2.45) is 0 Å². The number of carbonyl (C=O) groups is 2. The zero-order valence-electron chi connectivity index (χ0n) is 16.6. The van der Waals surface area contributed by atoms with Gasteiger partial charge in [-0.25, -0.2) is 4.98 Å². The Balaban J connectivity index is 1.46.